The molecule has 1 amide bonds. The predicted molar refractivity (Wildman–Crippen MR) is 93.6 cm³/mol. The van der Waals surface area contributed by atoms with Gasteiger partial charge in [0, 0.05) is 4.88 Å². The number of nitrogens with zero attached hydrogens (tertiary/aromatic N) is 1. The van der Waals surface area contributed by atoms with E-state index >= 15 is 0 Å². The van der Waals surface area contributed by atoms with E-state index in [4.69, 9.17) is 4.74 Å². The van der Waals surface area contributed by atoms with Crippen molar-refractivity contribution in [1.82, 2.24) is 5.43 Å². The van der Waals surface area contributed by atoms with Gasteiger partial charge in [-0.25, -0.2) is 5.43 Å². The number of carbonyl (C=O) groups is 1. The van der Waals surface area contributed by atoms with Gasteiger partial charge in [0.1, 0.15) is 5.75 Å². The standard InChI is InChI=1S/C18H20N2O2S/c1-12-3-8-16-14(9-12)10-17(23-16)18(21)20-19-11-13-4-6-15(22-2)7-5-13/h4-7,10-12H,3,8-9H2,1-2H3,(H,20,21)/b19-11-/t12-/m1/s1. The van der Waals surface area contributed by atoms with Crippen LogP contribution < -0.4 is 10.2 Å². The fourth-order valence-electron chi connectivity index (χ4n) is 2.73. The van der Waals surface area contributed by atoms with Gasteiger partial charge in [-0.1, -0.05) is 6.92 Å². The first kappa shape index (κ1) is 15.7. The number of hydrogen-bond donors (Lipinski definition) is 1. The first-order chi connectivity index (χ1) is 11.2. The molecular formula is C18H20N2O2S. The van der Waals surface area contributed by atoms with E-state index < -0.39 is 0 Å². The summed E-state index contributed by atoms with van der Waals surface area (Å²) in [4.78, 5) is 14.3. The highest BCUT2D eigenvalue weighted by molar-refractivity contribution is 7.14. The molecule has 0 aliphatic heterocycles. The lowest BCUT2D eigenvalue weighted by atomic mass is 9.90. The SMILES string of the molecule is COc1ccc(/C=N\NC(=O)c2cc3c(s2)CC[C@@H](C)C3)cc1. The molecule has 0 fully saturated rings. The number of hydrazone groups is 1. The Morgan fingerprint density at radius 1 is 1.39 bits per heavy atom. The molecule has 1 heterocycles. The lowest BCUT2D eigenvalue weighted by molar-refractivity contribution is 0.0959. The van der Waals surface area contributed by atoms with E-state index in [1.807, 2.05) is 30.3 Å². The average molecular weight is 328 g/mol. The van der Waals surface area contributed by atoms with Crippen LogP contribution >= 0.6 is 11.3 Å². The van der Waals surface area contributed by atoms with Crippen LogP contribution in [0.4, 0.5) is 0 Å². The van der Waals surface area contributed by atoms with Crippen molar-refractivity contribution in [2.75, 3.05) is 7.11 Å². The Morgan fingerprint density at radius 3 is 2.91 bits per heavy atom. The molecule has 4 nitrogen and oxygen atoms in total. The monoisotopic (exact) mass is 328 g/mol. The van der Waals surface area contributed by atoms with Gasteiger partial charge < -0.3 is 4.74 Å². The van der Waals surface area contributed by atoms with Gasteiger partial charge in [-0.3, -0.25) is 4.79 Å². The molecule has 5 heteroatoms. The van der Waals surface area contributed by atoms with Crippen LogP contribution in [0.5, 0.6) is 5.75 Å². The maximum absolute atomic E-state index is 12.2. The number of rotatable bonds is 4. The fourth-order valence-corrected chi connectivity index (χ4v) is 3.83. The van der Waals surface area contributed by atoms with Gasteiger partial charge in [-0.2, -0.15) is 5.10 Å². The predicted octanol–water partition coefficient (Wildman–Crippen LogP) is 3.65. The molecule has 3 rings (SSSR count). The third-order valence-corrected chi connectivity index (χ3v) is 5.28. The van der Waals surface area contributed by atoms with Gasteiger partial charge in [-0.15, -0.1) is 11.3 Å². The average Bonchev–Trinajstić information content (AvgIpc) is 2.98. The molecule has 1 aromatic heterocycles. The molecule has 1 aromatic carbocycles. The first-order valence-corrected chi connectivity index (χ1v) is 8.56. The van der Waals surface area contributed by atoms with E-state index in [1.165, 1.54) is 16.9 Å². The fraction of sp³-hybridized carbons (Fsp3) is 0.333. The van der Waals surface area contributed by atoms with Crippen molar-refractivity contribution in [3.05, 3.63) is 51.2 Å². The number of nitrogens with one attached hydrogen (secondary N) is 1. The van der Waals surface area contributed by atoms with Gasteiger partial charge in [0.05, 0.1) is 18.2 Å². The summed E-state index contributed by atoms with van der Waals surface area (Å²) in [7, 11) is 1.63. The minimum Gasteiger partial charge on any atom is -0.497 e. The highest BCUT2D eigenvalue weighted by atomic mass is 32.1. The van der Waals surface area contributed by atoms with Gasteiger partial charge >= 0.3 is 0 Å². The number of carbonyl (C=O) groups excluding carboxylic acids is 1. The van der Waals surface area contributed by atoms with Crippen molar-refractivity contribution in [2.24, 2.45) is 11.0 Å². The maximum Gasteiger partial charge on any atom is 0.281 e. The lowest BCUT2D eigenvalue weighted by Gasteiger charge is -2.16. The number of hydrogen-bond acceptors (Lipinski definition) is 4. The topological polar surface area (TPSA) is 50.7 Å². The smallest absolute Gasteiger partial charge is 0.281 e. The van der Waals surface area contributed by atoms with E-state index in [0.29, 0.717) is 5.92 Å². The number of methoxy groups -OCH3 is 1. The molecular weight excluding hydrogens is 308 g/mol. The molecule has 0 spiro atoms. The molecule has 0 bridgehead atoms. The molecule has 23 heavy (non-hydrogen) atoms. The van der Waals surface area contributed by atoms with E-state index in [-0.39, 0.29) is 5.91 Å². The summed E-state index contributed by atoms with van der Waals surface area (Å²) in [5.74, 6) is 1.37. The van der Waals surface area contributed by atoms with Crippen LogP contribution in [0.1, 0.15) is 39.0 Å². The minimum absolute atomic E-state index is 0.137. The van der Waals surface area contributed by atoms with Crippen molar-refractivity contribution in [3.63, 3.8) is 0 Å². The first-order valence-electron chi connectivity index (χ1n) is 7.74. The zero-order valence-corrected chi connectivity index (χ0v) is 14.2. The molecule has 1 aliphatic carbocycles. The molecule has 0 radical (unpaired) electrons. The van der Waals surface area contributed by atoms with Crippen LogP contribution in [0.2, 0.25) is 0 Å². The molecule has 0 saturated heterocycles. The minimum atomic E-state index is -0.137. The molecule has 120 valence electrons. The van der Waals surface area contributed by atoms with Crippen molar-refractivity contribution in [2.45, 2.75) is 26.2 Å². The van der Waals surface area contributed by atoms with Crippen LogP contribution in [0.15, 0.2) is 35.4 Å². The third-order valence-electron chi connectivity index (χ3n) is 4.05. The maximum atomic E-state index is 12.2. The Kier molecular flexibility index (Phi) is 4.76. The number of benzene rings is 1. The molecule has 2 aromatic rings. The molecule has 1 N–H and O–H groups in total. The number of ether oxygens (including phenoxy) is 1. The second-order valence-electron chi connectivity index (χ2n) is 5.88. The largest absolute Gasteiger partial charge is 0.497 e. The Balaban J connectivity index is 1.61. The van der Waals surface area contributed by atoms with Gasteiger partial charge in [-0.05, 0) is 66.6 Å². The van der Waals surface area contributed by atoms with Gasteiger partial charge in [0.25, 0.3) is 5.91 Å². The van der Waals surface area contributed by atoms with E-state index in [2.05, 4.69) is 17.5 Å². The van der Waals surface area contributed by atoms with Crippen molar-refractivity contribution >= 4 is 23.5 Å². The molecule has 1 aliphatic rings. The summed E-state index contributed by atoms with van der Waals surface area (Å²) >= 11 is 1.59. The third kappa shape index (κ3) is 3.79. The lowest BCUT2D eigenvalue weighted by Crippen LogP contribution is -2.16. The van der Waals surface area contributed by atoms with Crippen LogP contribution in [-0.2, 0) is 12.8 Å². The Hall–Kier alpha value is -2.14. The zero-order chi connectivity index (χ0) is 16.2. The van der Waals surface area contributed by atoms with Gasteiger partial charge in [0.15, 0.2) is 0 Å². The Bertz CT molecular complexity index is 719. The number of aryl methyl sites for hydroxylation is 1. The summed E-state index contributed by atoms with van der Waals surface area (Å²) in [5, 5.41) is 4.04. The van der Waals surface area contributed by atoms with E-state index in [9.17, 15) is 4.79 Å². The number of thiophene rings is 1. The second-order valence-corrected chi connectivity index (χ2v) is 7.02. The summed E-state index contributed by atoms with van der Waals surface area (Å²) in [5.41, 5.74) is 4.85. The molecule has 0 saturated carbocycles. The van der Waals surface area contributed by atoms with Crippen LogP contribution in [0.25, 0.3) is 0 Å². The van der Waals surface area contributed by atoms with E-state index in [1.54, 1.807) is 24.7 Å². The molecule has 0 unspecified atom stereocenters. The highest BCUT2D eigenvalue weighted by Crippen LogP contribution is 2.32. The summed E-state index contributed by atoms with van der Waals surface area (Å²) in [6.07, 6.45) is 5.01. The van der Waals surface area contributed by atoms with Gasteiger partial charge in [0.2, 0.25) is 0 Å². The second kappa shape index (κ2) is 6.96. The summed E-state index contributed by atoms with van der Waals surface area (Å²) in [6, 6.07) is 9.52. The number of fused-ring (bicyclic) bond motifs is 1. The quantitative estimate of drug-likeness (QED) is 0.688. The zero-order valence-electron chi connectivity index (χ0n) is 13.3. The highest BCUT2D eigenvalue weighted by Gasteiger charge is 2.20. The molecule has 1 atom stereocenters. The normalized spacial score (nSPS) is 17.0. The van der Waals surface area contributed by atoms with Crippen molar-refractivity contribution in [3.8, 4) is 5.75 Å². The Labute approximate surface area is 140 Å². The van der Waals surface area contributed by atoms with Crippen LogP contribution in [-0.4, -0.2) is 19.2 Å². The van der Waals surface area contributed by atoms with Crippen LogP contribution in [0, 0.1) is 5.92 Å². The Morgan fingerprint density at radius 2 is 2.17 bits per heavy atom. The summed E-state index contributed by atoms with van der Waals surface area (Å²) < 4.78 is 5.10. The van der Waals surface area contributed by atoms with Crippen molar-refractivity contribution in [1.29, 1.82) is 0 Å². The van der Waals surface area contributed by atoms with E-state index in [0.717, 1.165) is 29.0 Å². The van der Waals surface area contributed by atoms with Crippen molar-refractivity contribution < 1.29 is 9.53 Å². The number of amides is 1. The van der Waals surface area contributed by atoms with Crippen LogP contribution in [0.3, 0.4) is 0 Å². The summed E-state index contributed by atoms with van der Waals surface area (Å²) in [6.45, 7) is 2.26.